The molecule has 0 spiro atoms. The molecule has 0 aliphatic heterocycles. The summed E-state index contributed by atoms with van der Waals surface area (Å²) in [5.41, 5.74) is 0. The van der Waals surface area contributed by atoms with Crippen molar-refractivity contribution in [3.63, 3.8) is 0 Å². The summed E-state index contributed by atoms with van der Waals surface area (Å²) in [5, 5.41) is 6.98. The standard InChI is InChI=1S/C12H24N6S/c1-6-7-13-10-15-11(14-8-9(2)19-5)17-12(16-10)18(3)4/h9H,6-8H2,1-5H3,(H2,13,14,15,16,17). The third-order valence-electron chi connectivity index (χ3n) is 2.51. The third-order valence-corrected chi connectivity index (χ3v) is 3.48. The first kappa shape index (κ1) is 15.8. The highest BCUT2D eigenvalue weighted by Crippen LogP contribution is 2.12. The molecule has 108 valence electrons. The van der Waals surface area contributed by atoms with Gasteiger partial charge in [0.1, 0.15) is 0 Å². The summed E-state index contributed by atoms with van der Waals surface area (Å²) >= 11 is 1.81. The van der Waals surface area contributed by atoms with E-state index in [1.165, 1.54) is 0 Å². The van der Waals surface area contributed by atoms with E-state index in [9.17, 15) is 0 Å². The summed E-state index contributed by atoms with van der Waals surface area (Å²) < 4.78 is 0. The highest BCUT2D eigenvalue weighted by molar-refractivity contribution is 7.99. The predicted octanol–water partition coefficient (Wildman–Crippen LogP) is 1.92. The lowest BCUT2D eigenvalue weighted by Crippen LogP contribution is -2.19. The number of anilines is 3. The highest BCUT2D eigenvalue weighted by Gasteiger charge is 2.08. The molecule has 7 heteroatoms. The molecule has 1 heterocycles. The van der Waals surface area contributed by atoms with E-state index in [4.69, 9.17) is 0 Å². The first-order chi connectivity index (χ1) is 9.06. The summed E-state index contributed by atoms with van der Waals surface area (Å²) in [6, 6.07) is 0. The van der Waals surface area contributed by atoms with Gasteiger partial charge in [0, 0.05) is 32.4 Å². The molecule has 0 aromatic carbocycles. The van der Waals surface area contributed by atoms with E-state index in [0.29, 0.717) is 23.1 Å². The van der Waals surface area contributed by atoms with Gasteiger partial charge in [-0.3, -0.25) is 0 Å². The molecule has 19 heavy (non-hydrogen) atoms. The second kappa shape index (κ2) is 8.04. The van der Waals surface area contributed by atoms with Crippen LogP contribution in [0.15, 0.2) is 0 Å². The highest BCUT2D eigenvalue weighted by atomic mass is 32.2. The lowest BCUT2D eigenvalue weighted by atomic mass is 10.5. The van der Waals surface area contributed by atoms with Crippen LogP contribution in [-0.2, 0) is 0 Å². The Morgan fingerprint density at radius 1 is 1.16 bits per heavy atom. The topological polar surface area (TPSA) is 66.0 Å². The van der Waals surface area contributed by atoms with Gasteiger partial charge in [0.2, 0.25) is 17.8 Å². The van der Waals surface area contributed by atoms with E-state index < -0.39 is 0 Å². The van der Waals surface area contributed by atoms with Gasteiger partial charge in [-0.15, -0.1) is 0 Å². The van der Waals surface area contributed by atoms with Crippen LogP contribution in [0.3, 0.4) is 0 Å². The SMILES string of the molecule is CCCNc1nc(NCC(C)SC)nc(N(C)C)n1. The smallest absolute Gasteiger partial charge is 0.231 e. The molecular weight excluding hydrogens is 260 g/mol. The minimum Gasteiger partial charge on any atom is -0.354 e. The van der Waals surface area contributed by atoms with E-state index in [1.807, 2.05) is 30.8 Å². The van der Waals surface area contributed by atoms with E-state index in [0.717, 1.165) is 19.5 Å². The molecule has 0 saturated heterocycles. The van der Waals surface area contributed by atoms with Crippen LogP contribution in [0.2, 0.25) is 0 Å². The van der Waals surface area contributed by atoms with Crippen molar-refractivity contribution in [2.24, 2.45) is 0 Å². The van der Waals surface area contributed by atoms with Crippen LogP contribution in [0.4, 0.5) is 17.8 Å². The number of nitrogens with zero attached hydrogens (tertiary/aromatic N) is 4. The Kier molecular flexibility index (Phi) is 6.69. The van der Waals surface area contributed by atoms with Crippen molar-refractivity contribution in [1.29, 1.82) is 0 Å². The largest absolute Gasteiger partial charge is 0.354 e. The van der Waals surface area contributed by atoms with E-state index >= 15 is 0 Å². The molecule has 0 saturated carbocycles. The van der Waals surface area contributed by atoms with Gasteiger partial charge in [-0.25, -0.2) is 0 Å². The van der Waals surface area contributed by atoms with Gasteiger partial charge in [-0.2, -0.15) is 26.7 Å². The first-order valence-electron chi connectivity index (χ1n) is 6.50. The monoisotopic (exact) mass is 284 g/mol. The zero-order chi connectivity index (χ0) is 14.3. The van der Waals surface area contributed by atoms with Gasteiger partial charge in [-0.05, 0) is 12.7 Å². The molecule has 0 amide bonds. The van der Waals surface area contributed by atoms with Gasteiger partial charge in [-0.1, -0.05) is 13.8 Å². The average molecular weight is 284 g/mol. The maximum Gasteiger partial charge on any atom is 0.231 e. The quantitative estimate of drug-likeness (QED) is 0.756. The molecule has 1 rings (SSSR count). The Hall–Kier alpha value is -1.24. The molecule has 6 nitrogen and oxygen atoms in total. The van der Waals surface area contributed by atoms with Gasteiger partial charge in [0.05, 0.1) is 0 Å². The maximum atomic E-state index is 4.39. The lowest BCUT2D eigenvalue weighted by Gasteiger charge is -2.15. The lowest BCUT2D eigenvalue weighted by molar-refractivity contribution is 0.902. The Morgan fingerprint density at radius 3 is 2.32 bits per heavy atom. The van der Waals surface area contributed by atoms with E-state index in [2.05, 4.69) is 45.7 Å². The molecule has 0 aliphatic carbocycles. The Labute approximate surface area is 119 Å². The Bertz CT molecular complexity index is 384. The second-order valence-corrected chi connectivity index (χ2v) is 5.81. The van der Waals surface area contributed by atoms with Crippen molar-refractivity contribution in [1.82, 2.24) is 15.0 Å². The zero-order valence-corrected chi connectivity index (χ0v) is 13.2. The molecule has 1 atom stereocenters. The Morgan fingerprint density at radius 2 is 1.79 bits per heavy atom. The van der Waals surface area contributed by atoms with Gasteiger partial charge >= 0.3 is 0 Å². The van der Waals surface area contributed by atoms with Crippen LogP contribution in [0.5, 0.6) is 0 Å². The summed E-state index contributed by atoms with van der Waals surface area (Å²) in [5.74, 6) is 1.91. The van der Waals surface area contributed by atoms with Crippen LogP contribution in [0, 0.1) is 0 Å². The molecule has 0 bridgehead atoms. The minimum absolute atomic E-state index is 0.520. The summed E-state index contributed by atoms with van der Waals surface area (Å²) in [6.45, 7) is 5.98. The second-order valence-electron chi connectivity index (χ2n) is 4.53. The molecule has 1 aromatic rings. The number of nitrogens with one attached hydrogen (secondary N) is 2. The molecule has 2 N–H and O–H groups in total. The number of aromatic nitrogens is 3. The van der Waals surface area contributed by atoms with E-state index in [1.54, 1.807) is 0 Å². The van der Waals surface area contributed by atoms with Crippen molar-refractivity contribution in [2.75, 3.05) is 49.0 Å². The van der Waals surface area contributed by atoms with Crippen LogP contribution >= 0.6 is 11.8 Å². The third kappa shape index (κ3) is 5.50. The van der Waals surface area contributed by atoms with Gasteiger partial charge in [0.15, 0.2) is 0 Å². The molecular formula is C12H24N6S. The van der Waals surface area contributed by atoms with Crippen LogP contribution in [0.25, 0.3) is 0 Å². The van der Waals surface area contributed by atoms with Crippen LogP contribution < -0.4 is 15.5 Å². The molecule has 0 radical (unpaired) electrons. The number of hydrogen-bond donors (Lipinski definition) is 2. The van der Waals surface area contributed by atoms with Crippen molar-refractivity contribution in [2.45, 2.75) is 25.5 Å². The maximum absolute atomic E-state index is 4.39. The first-order valence-corrected chi connectivity index (χ1v) is 7.79. The van der Waals surface area contributed by atoms with Gasteiger partial charge < -0.3 is 15.5 Å². The van der Waals surface area contributed by atoms with Crippen LogP contribution in [0.1, 0.15) is 20.3 Å². The average Bonchev–Trinajstić information content (AvgIpc) is 2.42. The normalized spacial score (nSPS) is 12.1. The minimum atomic E-state index is 0.520. The predicted molar refractivity (Wildman–Crippen MR) is 84.4 cm³/mol. The fraction of sp³-hybridized carbons (Fsp3) is 0.750. The van der Waals surface area contributed by atoms with Crippen molar-refractivity contribution >= 4 is 29.6 Å². The Balaban J connectivity index is 2.80. The van der Waals surface area contributed by atoms with Crippen molar-refractivity contribution in [3.05, 3.63) is 0 Å². The molecule has 0 aliphatic rings. The molecule has 1 aromatic heterocycles. The molecule has 0 fully saturated rings. The van der Waals surface area contributed by atoms with E-state index in [-0.39, 0.29) is 0 Å². The number of rotatable bonds is 8. The summed E-state index contributed by atoms with van der Waals surface area (Å²) in [7, 11) is 3.85. The number of hydrogen-bond acceptors (Lipinski definition) is 7. The fourth-order valence-electron chi connectivity index (χ4n) is 1.28. The van der Waals surface area contributed by atoms with Gasteiger partial charge in [0.25, 0.3) is 0 Å². The van der Waals surface area contributed by atoms with Crippen molar-refractivity contribution in [3.8, 4) is 0 Å². The summed E-state index contributed by atoms with van der Waals surface area (Å²) in [6.07, 6.45) is 3.13. The fourth-order valence-corrected chi connectivity index (χ4v) is 1.53. The van der Waals surface area contributed by atoms with Crippen molar-refractivity contribution < 1.29 is 0 Å². The summed E-state index contributed by atoms with van der Waals surface area (Å²) in [4.78, 5) is 15.0. The van der Waals surface area contributed by atoms with Crippen LogP contribution in [-0.4, -0.2) is 53.6 Å². The molecule has 1 unspecified atom stereocenters. The number of thioether (sulfide) groups is 1. The zero-order valence-electron chi connectivity index (χ0n) is 12.4.